The summed E-state index contributed by atoms with van der Waals surface area (Å²) < 4.78 is 10.4. The lowest BCUT2D eigenvalue weighted by atomic mass is 10.2. The van der Waals surface area contributed by atoms with Crippen molar-refractivity contribution in [2.45, 2.75) is 32.9 Å². The zero-order valence-electron chi connectivity index (χ0n) is 11.4. The van der Waals surface area contributed by atoms with E-state index in [0.717, 1.165) is 31.7 Å². The fraction of sp³-hybridized carbons (Fsp3) is 0.571. The first-order chi connectivity index (χ1) is 8.63. The Morgan fingerprint density at radius 3 is 2.72 bits per heavy atom. The lowest BCUT2D eigenvalue weighted by Crippen LogP contribution is -2.17. The summed E-state index contributed by atoms with van der Waals surface area (Å²) in [4.78, 5) is 0. The third-order valence-electron chi connectivity index (χ3n) is 2.52. The number of ether oxygens (including phenoxy) is 2. The summed E-state index contributed by atoms with van der Waals surface area (Å²) in [5.74, 6) is 0.684. The van der Waals surface area contributed by atoms with Crippen molar-refractivity contribution in [3.8, 4) is 11.5 Å². The van der Waals surface area contributed by atoms with E-state index in [9.17, 15) is 5.11 Å². The molecule has 102 valence electrons. The van der Waals surface area contributed by atoms with Crippen molar-refractivity contribution >= 4 is 0 Å². The second kappa shape index (κ2) is 7.95. The number of methoxy groups -OCH3 is 1. The average molecular weight is 253 g/mol. The highest BCUT2D eigenvalue weighted by Crippen LogP contribution is 2.25. The summed E-state index contributed by atoms with van der Waals surface area (Å²) >= 11 is 0. The van der Waals surface area contributed by atoms with Crippen molar-refractivity contribution in [1.82, 2.24) is 5.32 Å². The minimum absolute atomic E-state index is 0.181. The zero-order chi connectivity index (χ0) is 13.4. The highest BCUT2D eigenvalue weighted by molar-refractivity contribution is 5.41. The highest BCUT2D eigenvalue weighted by Gasteiger charge is 2.02. The molecule has 4 nitrogen and oxygen atoms in total. The van der Waals surface area contributed by atoms with Gasteiger partial charge < -0.3 is 19.9 Å². The third kappa shape index (κ3) is 5.38. The molecule has 0 aliphatic carbocycles. The SMILES string of the molecule is COc1ccc(CNCCCOC(C)C)cc1O. The molecule has 0 aliphatic heterocycles. The molecule has 0 saturated carbocycles. The van der Waals surface area contributed by atoms with E-state index in [1.54, 1.807) is 19.2 Å². The quantitative estimate of drug-likeness (QED) is 0.698. The second-order valence-electron chi connectivity index (χ2n) is 4.46. The normalized spacial score (nSPS) is 10.9. The van der Waals surface area contributed by atoms with Gasteiger partial charge in [-0.1, -0.05) is 6.07 Å². The van der Waals surface area contributed by atoms with Gasteiger partial charge in [0.05, 0.1) is 13.2 Å². The van der Waals surface area contributed by atoms with Crippen LogP contribution < -0.4 is 10.1 Å². The molecule has 0 saturated heterocycles. The van der Waals surface area contributed by atoms with E-state index in [0.29, 0.717) is 11.9 Å². The van der Waals surface area contributed by atoms with Crippen LogP contribution in [0.3, 0.4) is 0 Å². The molecule has 0 atom stereocenters. The van der Waals surface area contributed by atoms with E-state index in [-0.39, 0.29) is 5.75 Å². The van der Waals surface area contributed by atoms with Crippen LogP contribution in [0.4, 0.5) is 0 Å². The lowest BCUT2D eigenvalue weighted by Gasteiger charge is -2.09. The number of aromatic hydroxyl groups is 1. The predicted molar refractivity (Wildman–Crippen MR) is 72.1 cm³/mol. The number of hydrogen-bond acceptors (Lipinski definition) is 4. The fourth-order valence-electron chi connectivity index (χ4n) is 1.59. The van der Waals surface area contributed by atoms with Gasteiger partial charge >= 0.3 is 0 Å². The van der Waals surface area contributed by atoms with E-state index in [4.69, 9.17) is 9.47 Å². The van der Waals surface area contributed by atoms with Crippen molar-refractivity contribution in [2.75, 3.05) is 20.3 Å². The molecule has 0 bridgehead atoms. The topological polar surface area (TPSA) is 50.7 Å². The number of rotatable bonds is 8. The van der Waals surface area contributed by atoms with E-state index in [2.05, 4.69) is 5.32 Å². The van der Waals surface area contributed by atoms with Gasteiger partial charge in [-0.2, -0.15) is 0 Å². The van der Waals surface area contributed by atoms with Gasteiger partial charge in [-0.15, -0.1) is 0 Å². The van der Waals surface area contributed by atoms with Gasteiger partial charge in [0.25, 0.3) is 0 Å². The van der Waals surface area contributed by atoms with E-state index >= 15 is 0 Å². The number of nitrogens with one attached hydrogen (secondary N) is 1. The summed E-state index contributed by atoms with van der Waals surface area (Å²) in [5.41, 5.74) is 1.04. The van der Waals surface area contributed by atoms with Crippen LogP contribution in [0.5, 0.6) is 11.5 Å². The molecule has 0 aromatic heterocycles. The van der Waals surface area contributed by atoms with Crippen LogP contribution in [0, 0.1) is 0 Å². The molecule has 0 amide bonds. The Balaban J connectivity index is 2.21. The molecule has 1 aromatic carbocycles. The first-order valence-corrected chi connectivity index (χ1v) is 6.31. The maximum Gasteiger partial charge on any atom is 0.160 e. The van der Waals surface area contributed by atoms with Gasteiger partial charge in [0.2, 0.25) is 0 Å². The van der Waals surface area contributed by atoms with Crippen molar-refractivity contribution in [2.24, 2.45) is 0 Å². The zero-order valence-corrected chi connectivity index (χ0v) is 11.4. The standard InChI is InChI=1S/C14H23NO3/c1-11(2)18-8-4-7-15-10-12-5-6-14(17-3)13(16)9-12/h5-6,9,11,15-16H,4,7-8,10H2,1-3H3. The Labute approximate surface area is 109 Å². The minimum Gasteiger partial charge on any atom is -0.504 e. The highest BCUT2D eigenvalue weighted by atomic mass is 16.5. The first kappa shape index (κ1) is 14.8. The molecule has 1 rings (SSSR count). The van der Waals surface area contributed by atoms with Crippen LogP contribution in [0.2, 0.25) is 0 Å². The van der Waals surface area contributed by atoms with Crippen LogP contribution in [-0.2, 0) is 11.3 Å². The van der Waals surface area contributed by atoms with E-state index < -0.39 is 0 Å². The van der Waals surface area contributed by atoms with Gasteiger partial charge in [-0.3, -0.25) is 0 Å². The van der Waals surface area contributed by atoms with Crippen LogP contribution in [0.15, 0.2) is 18.2 Å². The molecule has 18 heavy (non-hydrogen) atoms. The Hall–Kier alpha value is -1.26. The monoisotopic (exact) mass is 253 g/mol. The van der Waals surface area contributed by atoms with Crippen molar-refractivity contribution in [3.05, 3.63) is 23.8 Å². The van der Waals surface area contributed by atoms with Gasteiger partial charge in [-0.25, -0.2) is 0 Å². The van der Waals surface area contributed by atoms with Crippen molar-refractivity contribution in [1.29, 1.82) is 0 Å². The average Bonchev–Trinajstić information content (AvgIpc) is 2.33. The molecule has 0 heterocycles. The summed E-state index contributed by atoms with van der Waals surface area (Å²) in [5, 5.41) is 12.9. The van der Waals surface area contributed by atoms with Crippen LogP contribution in [0.25, 0.3) is 0 Å². The minimum atomic E-state index is 0.181. The van der Waals surface area contributed by atoms with Crippen LogP contribution >= 0.6 is 0 Å². The molecular formula is C14H23NO3. The number of benzene rings is 1. The Morgan fingerprint density at radius 2 is 2.11 bits per heavy atom. The van der Waals surface area contributed by atoms with Crippen molar-refractivity contribution in [3.63, 3.8) is 0 Å². The molecule has 0 unspecified atom stereocenters. The van der Waals surface area contributed by atoms with Gasteiger partial charge in [0, 0.05) is 13.2 Å². The van der Waals surface area contributed by atoms with Gasteiger partial charge in [0.15, 0.2) is 11.5 Å². The van der Waals surface area contributed by atoms with Crippen LogP contribution in [0.1, 0.15) is 25.8 Å². The summed E-state index contributed by atoms with van der Waals surface area (Å²) in [6.45, 7) is 6.48. The number of phenols is 1. The predicted octanol–water partition coefficient (Wildman–Crippen LogP) is 2.31. The summed E-state index contributed by atoms with van der Waals surface area (Å²) in [7, 11) is 1.54. The first-order valence-electron chi connectivity index (χ1n) is 6.31. The molecular weight excluding hydrogens is 230 g/mol. The molecule has 1 aromatic rings. The largest absolute Gasteiger partial charge is 0.504 e. The maximum absolute atomic E-state index is 9.62. The smallest absolute Gasteiger partial charge is 0.160 e. The van der Waals surface area contributed by atoms with Gasteiger partial charge in [-0.05, 0) is 44.5 Å². The fourth-order valence-corrected chi connectivity index (χ4v) is 1.59. The Morgan fingerprint density at radius 1 is 1.33 bits per heavy atom. The summed E-state index contributed by atoms with van der Waals surface area (Å²) in [6, 6.07) is 5.43. The van der Waals surface area contributed by atoms with E-state index in [1.165, 1.54) is 0 Å². The maximum atomic E-state index is 9.62. The molecule has 4 heteroatoms. The number of hydrogen-bond donors (Lipinski definition) is 2. The van der Waals surface area contributed by atoms with E-state index in [1.807, 2.05) is 19.9 Å². The van der Waals surface area contributed by atoms with Gasteiger partial charge in [0.1, 0.15) is 0 Å². The summed E-state index contributed by atoms with van der Waals surface area (Å²) in [6.07, 6.45) is 1.28. The molecule has 0 fully saturated rings. The Bertz CT molecular complexity index is 353. The lowest BCUT2D eigenvalue weighted by molar-refractivity contribution is 0.0770. The molecule has 0 radical (unpaired) electrons. The van der Waals surface area contributed by atoms with Crippen LogP contribution in [-0.4, -0.2) is 31.5 Å². The number of phenolic OH excluding ortho intramolecular Hbond substituents is 1. The second-order valence-corrected chi connectivity index (χ2v) is 4.46. The Kier molecular flexibility index (Phi) is 6.54. The third-order valence-corrected chi connectivity index (χ3v) is 2.52. The molecule has 0 aliphatic rings. The molecule has 0 spiro atoms. The van der Waals surface area contributed by atoms with Crippen molar-refractivity contribution < 1.29 is 14.6 Å². The molecule has 2 N–H and O–H groups in total.